The fourth-order valence-corrected chi connectivity index (χ4v) is 3.91. The number of hydrogen-bond acceptors (Lipinski definition) is 5. The van der Waals surface area contributed by atoms with Gasteiger partial charge < -0.3 is 10.4 Å². The average molecular weight is 357 g/mol. The molecule has 2 saturated carbocycles. The van der Waals surface area contributed by atoms with Crippen LogP contribution < -0.4 is 5.32 Å². The first-order valence-corrected chi connectivity index (χ1v) is 9.47. The van der Waals surface area contributed by atoms with E-state index >= 15 is 0 Å². The smallest absolute Gasteiger partial charge is 0.317 e. The molecule has 0 saturated heterocycles. The molecule has 7 heteroatoms. The Morgan fingerprint density at radius 1 is 1.42 bits per heavy atom. The summed E-state index contributed by atoms with van der Waals surface area (Å²) in [4.78, 5) is 17.8. The van der Waals surface area contributed by atoms with Crippen molar-refractivity contribution in [3.05, 3.63) is 23.5 Å². The van der Waals surface area contributed by atoms with Crippen molar-refractivity contribution in [2.75, 3.05) is 13.1 Å². The van der Waals surface area contributed by atoms with Crippen molar-refractivity contribution in [3.63, 3.8) is 0 Å². The van der Waals surface area contributed by atoms with Crippen molar-refractivity contribution in [3.8, 4) is 0 Å². The van der Waals surface area contributed by atoms with E-state index in [2.05, 4.69) is 26.4 Å². The molecule has 0 bridgehead atoms. The van der Waals surface area contributed by atoms with E-state index in [4.69, 9.17) is 5.11 Å². The molecule has 0 unspecified atom stereocenters. The monoisotopic (exact) mass is 357 g/mol. The van der Waals surface area contributed by atoms with Gasteiger partial charge in [0, 0.05) is 43.8 Å². The van der Waals surface area contributed by atoms with Gasteiger partial charge in [-0.3, -0.25) is 14.4 Å². The number of aliphatic carboxylic acids is 1. The number of pyridine rings is 1. The highest BCUT2D eigenvalue weighted by molar-refractivity contribution is 5.78. The van der Waals surface area contributed by atoms with E-state index in [0.717, 1.165) is 54.1 Å². The van der Waals surface area contributed by atoms with E-state index in [9.17, 15) is 4.79 Å². The van der Waals surface area contributed by atoms with Crippen LogP contribution in [0, 0.1) is 12.8 Å². The molecule has 140 valence electrons. The Morgan fingerprint density at radius 2 is 2.19 bits per heavy atom. The zero-order valence-corrected chi connectivity index (χ0v) is 15.5. The van der Waals surface area contributed by atoms with Crippen LogP contribution in [0.25, 0.3) is 11.0 Å². The number of carboxylic acids is 1. The maximum Gasteiger partial charge on any atom is 0.317 e. The lowest BCUT2D eigenvalue weighted by Gasteiger charge is -2.43. The first-order valence-electron chi connectivity index (χ1n) is 9.47. The number of aromatic nitrogens is 3. The Hall–Kier alpha value is -1.99. The van der Waals surface area contributed by atoms with Crippen LogP contribution in [0.1, 0.15) is 36.9 Å². The maximum atomic E-state index is 11.1. The summed E-state index contributed by atoms with van der Waals surface area (Å²) in [5.74, 6) is 0.00941. The molecule has 0 aromatic carbocycles. The maximum absolute atomic E-state index is 11.1. The van der Waals surface area contributed by atoms with Crippen LogP contribution in [0.5, 0.6) is 0 Å². The highest BCUT2D eigenvalue weighted by Gasteiger charge is 2.36. The summed E-state index contributed by atoms with van der Waals surface area (Å²) in [5, 5.41) is 18.3. The lowest BCUT2D eigenvalue weighted by atomic mass is 9.85. The zero-order valence-electron chi connectivity index (χ0n) is 15.5. The minimum absolute atomic E-state index is 0.175. The van der Waals surface area contributed by atoms with Crippen molar-refractivity contribution in [1.82, 2.24) is 25.0 Å². The normalized spacial score (nSPS) is 22.7. The van der Waals surface area contributed by atoms with Gasteiger partial charge in [-0.2, -0.15) is 5.10 Å². The van der Waals surface area contributed by atoms with Crippen LogP contribution in [0.15, 0.2) is 12.3 Å². The summed E-state index contributed by atoms with van der Waals surface area (Å²) in [7, 11) is 1.92. The first-order chi connectivity index (χ1) is 12.5. The third-order valence-corrected chi connectivity index (χ3v) is 5.67. The van der Waals surface area contributed by atoms with Crippen LogP contribution >= 0.6 is 0 Å². The van der Waals surface area contributed by atoms with E-state index in [1.165, 1.54) is 12.8 Å². The summed E-state index contributed by atoms with van der Waals surface area (Å²) < 4.78 is 1.81. The highest BCUT2D eigenvalue weighted by atomic mass is 16.4. The molecule has 2 aromatic heterocycles. The summed E-state index contributed by atoms with van der Waals surface area (Å²) >= 11 is 0. The third-order valence-electron chi connectivity index (χ3n) is 5.67. The second-order valence-corrected chi connectivity index (χ2v) is 7.89. The van der Waals surface area contributed by atoms with Crippen molar-refractivity contribution < 1.29 is 9.90 Å². The predicted molar refractivity (Wildman–Crippen MR) is 98.8 cm³/mol. The van der Waals surface area contributed by atoms with Gasteiger partial charge in [0.25, 0.3) is 0 Å². The molecule has 2 heterocycles. The van der Waals surface area contributed by atoms with Gasteiger partial charge in [0.1, 0.15) is 0 Å². The van der Waals surface area contributed by atoms with Gasteiger partial charge >= 0.3 is 5.97 Å². The molecule has 0 atom stereocenters. The van der Waals surface area contributed by atoms with Crippen LogP contribution in [-0.2, 0) is 18.4 Å². The Balaban J connectivity index is 1.29. The number of fused-ring (bicyclic) bond motifs is 1. The summed E-state index contributed by atoms with van der Waals surface area (Å²) in [6.07, 6.45) is 6.49. The van der Waals surface area contributed by atoms with Crippen LogP contribution in [0.4, 0.5) is 0 Å². The van der Waals surface area contributed by atoms with E-state index in [1.807, 2.05) is 24.9 Å². The third kappa shape index (κ3) is 3.73. The molecule has 7 nitrogen and oxygen atoms in total. The molecule has 26 heavy (non-hydrogen) atoms. The van der Waals surface area contributed by atoms with Gasteiger partial charge in [0.05, 0.1) is 12.2 Å². The molecular formula is C19H27N5O2. The van der Waals surface area contributed by atoms with Crippen molar-refractivity contribution in [2.45, 2.75) is 51.2 Å². The molecule has 0 amide bonds. The summed E-state index contributed by atoms with van der Waals surface area (Å²) in [5.41, 5.74) is 3.08. The molecular weight excluding hydrogens is 330 g/mol. The molecule has 2 aliphatic carbocycles. The number of nitrogens with one attached hydrogen (secondary N) is 1. The fourth-order valence-electron chi connectivity index (χ4n) is 3.91. The van der Waals surface area contributed by atoms with E-state index in [1.54, 1.807) is 0 Å². The van der Waals surface area contributed by atoms with Crippen molar-refractivity contribution in [2.24, 2.45) is 13.0 Å². The number of rotatable bonds is 8. The SMILES string of the molecule is Cc1nn(C)c2ncc(CNC3CC(N(CC(=O)O)CC4CC4)C3)cc12. The van der Waals surface area contributed by atoms with Gasteiger partial charge in [-0.25, -0.2) is 4.98 Å². The van der Waals surface area contributed by atoms with Crippen molar-refractivity contribution >= 4 is 17.0 Å². The zero-order chi connectivity index (χ0) is 18.3. The van der Waals surface area contributed by atoms with Gasteiger partial charge in [0.2, 0.25) is 0 Å². The molecule has 2 aromatic rings. The first kappa shape index (κ1) is 17.4. The Bertz CT molecular complexity index is 808. The lowest BCUT2D eigenvalue weighted by molar-refractivity contribution is -0.139. The Labute approximate surface area is 153 Å². The molecule has 2 fully saturated rings. The van der Waals surface area contributed by atoms with Crippen LogP contribution in [0.3, 0.4) is 0 Å². The van der Waals surface area contributed by atoms with E-state index in [-0.39, 0.29) is 6.54 Å². The second kappa shape index (κ2) is 6.96. The standard InChI is InChI=1S/C19H27N5O2/c1-12-17-5-14(9-21-19(17)23(2)22-12)8-20-15-6-16(7-15)24(11-18(25)26)10-13-3-4-13/h5,9,13,15-16,20H,3-4,6-8,10-11H2,1-2H3,(H,25,26). The fraction of sp³-hybridized carbons (Fsp3) is 0.632. The number of nitrogens with zero attached hydrogens (tertiary/aromatic N) is 4. The van der Waals surface area contributed by atoms with Gasteiger partial charge in [-0.05, 0) is 50.2 Å². The van der Waals surface area contributed by atoms with Crippen molar-refractivity contribution in [1.29, 1.82) is 0 Å². The topological polar surface area (TPSA) is 83.3 Å². The molecule has 4 rings (SSSR count). The quantitative estimate of drug-likeness (QED) is 0.748. The minimum Gasteiger partial charge on any atom is -0.480 e. The van der Waals surface area contributed by atoms with Gasteiger partial charge in [0.15, 0.2) is 5.65 Å². The van der Waals surface area contributed by atoms with E-state index in [0.29, 0.717) is 12.1 Å². The molecule has 2 N–H and O–H groups in total. The largest absolute Gasteiger partial charge is 0.480 e. The van der Waals surface area contributed by atoms with Gasteiger partial charge in [-0.1, -0.05) is 0 Å². The lowest BCUT2D eigenvalue weighted by Crippen LogP contribution is -2.54. The number of hydrogen-bond donors (Lipinski definition) is 2. The Morgan fingerprint density at radius 3 is 2.88 bits per heavy atom. The Kier molecular flexibility index (Phi) is 4.67. The molecule has 0 spiro atoms. The average Bonchev–Trinajstić information content (AvgIpc) is 3.31. The molecule has 0 radical (unpaired) electrons. The van der Waals surface area contributed by atoms with Gasteiger partial charge in [-0.15, -0.1) is 0 Å². The van der Waals surface area contributed by atoms with Crippen LogP contribution in [-0.4, -0.2) is 55.9 Å². The second-order valence-electron chi connectivity index (χ2n) is 7.89. The highest BCUT2D eigenvalue weighted by Crippen LogP contribution is 2.33. The molecule has 2 aliphatic rings. The summed E-state index contributed by atoms with van der Waals surface area (Å²) in [6, 6.07) is 3.03. The number of carbonyl (C=O) groups is 1. The van der Waals surface area contributed by atoms with Crippen LogP contribution in [0.2, 0.25) is 0 Å². The van der Waals surface area contributed by atoms with E-state index < -0.39 is 5.97 Å². The predicted octanol–water partition coefficient (Wildman–Crippen LogP) is 1.69. The molecule has 0 aliphatic heterocycles. The number of aryl methyl sites for hydroxylation is 2. The minimum atomic E-state index is -0.715. The number of carboxylic acid groups (broad SMARTS) is 1. The summed E-state index contributed by atoms with van der Waals surface area (Å²) in [6.45, 7) is 3.92.